The normalized spacial score (nSPS) is 10.6. The van der Waals surface area contributed by atoms with Crippen LogP contribution in [0.4, 0.5) is 5.69 Å². The van der Waals surface area contributed by atoms with Gasteiger partial charge in [-0.1, -0.05) is 28.1 Å². The number of hydrogen-bond donors (Lipinski definition) is 1. The minimum Gasteiger partial charge on any atom is -0.267 e. The van der Waals surface area contributed by atoms with Crippen molar-refractivity contribution in [1.29, 1.82) is 0 Å². The fraction of sp³-hybridized carbons (Fsp3) is 0.0667. The molecular formula is C15H12BrN3O3. The van der Waals surface area contributed by atoms with E-state index in [0.717, 1.165) is 4.47 Å². The third-order valence-electron chi connectivity index (χ3n) is 2.92. The first-order chi connectivity index (χ1) is 10.5. The summed E-state index contributed by atoms with van der Waals surface area (Å²) < 4.78 is 0.875. The highest BCUT2D eigenvalue weighted by Gasteiger charge is 2.10. The Morgan fingerprint density at radius 1 is 1.27 bits per heavy atom. The maximum Gasteiger partial charge on any atom is 0.272 e. The van der Waals surface area contributed by atoms with Crippen LogP contribution < -0.4 is 5.43 Å². The Morgan fingerprint density at radius 3 is 2.59 bits per heavy atom. The number of aryl methyl sites for hydroxylation is 1. The number of rotatable bonds is 4. The zero-order valence-corrected chi connectivity index (χ0v) is 13.2. The highest BCUT2D eigenvalue weighted by Crippen LogP contribution is 2.18. The summed E-state index contributed by atoms with van der Waals surface area (Å²) in [5.74, 6) is -0.356. The van der Waals surface area contributed by atoms with Gasteiger partial charge in [0.15, 0.2) is 0 Å². The van der Waals surface area contributed by atoms with Gasteiger partial charge in [0.25, 0.3) is 11.6 Å². The number of benzene rings is 2. The minimum absolute atomic E-state index is 0.0168. The molecule has 0 atom stereocenters. The molecule has 2 aromatic carbocycles. The number of carbonyl (C=O) groups is 1. The predicted molar refractivity (Wildman–Crippen MR) is 87.0 cm³/mol. The molecule has 0 heterocycles. The fourth-order valence-electron chi connectivity index (χ4n) is 1.73. The van der Waals surface area contributed by atoms with Gasteiger partial charge in [0.2, 0.25) is 0 Å². The molecule has 0 spiro atoms. The molecule has 2 aromatic rings. The standard InChI is InChI=1S/C15H12BrN3O3/c1-10-2-3-11(8-14(10)19(21)22)9-17-18-15(20)12-4-6-13(16)7-5-12/h2-9H,1H3,(H,18,20)/b17-9-. The molecule has 0 aromatic heterocycles. The first-order valence-electron chi connectivity index (χ1n) is 6.31. The number of hydrazone groups is 1. The first-order valence-corrected chi connectivity index (χ1v) is 7.10. The van der Waals surface area contributed by atoms with Crippen LogP contribution in [0.3, 0.4) is 0 Å². The van der Waals surface area contributed by atoms with Crippen LogP contribution in [0.15, 0.2) is 52.0 Å². The zero-order chi connectivity index (χ0) is 16.1. The number of halogens is 1. The van der Waals surface area contributed by atoms with Crippen molar-refractivity contribution in [3.05, 3.63) is 73.7 Å². The van der Waals surface area contributed by atoms with E-state index in [1.54, 1.807) is 43.3 Å². The van der Waals surface area contributed by atoms with E-state index < -0.39 is 4.92 Å². The topological polar surface area (TPSA) is 84.6 Å². The summed E-state index contributed by atoms with van der Waals surface area (Å²) in [5.41, 5.74) is 3.97. The molecule has 2 rings (SSSR count). The van der Waals surface area contributed by atoms with Gasteiger partial charge >= 0.3 is 0 Å². The molecule has 0 fully saturated rings. The van der Waals surface area contributed by atoms with Gasteiger partial charge in [0, 0.05) is 27.2 Å². The molecule has 0 aliphatic heterocycles. The molecule has 0 aliphatic rings. The average molecular weight is 362 g/mol. The van der Waals surface area contributed by atoms with Crippen LogP contribution >= 0.6 is 15.9 Å². The molecular weight excluding hydrogens is 350 g/mol. The number of nitro groups is 1. The van der Waals surface area contributed by atoms with Crippen LogP contribution in [0.5, 0.6) is 0 Å². The second kappa shape index (κ2) is 6.95. The number of amides is 1. The monoisotopic (exact) mass is 361 g/mol. The molecule has 7 heteroatoms. The third kappa shape index (κ3) is 3.98. The van der Waals surface area contributed by atoms with Crippen molar-refractivity contribution in [2.45, 2.75) is 6.92 Å². The molecule has 1 amide bonds. The van der Waals surface area contributed by atoms with Crippen LogP contribution in [-0.2, 0) is 0 Å². The molecule has 0 aliphatic carbocycles. The second-order valence-corrected chi connectivity index (χ2v) is 5.42. The molecule has 0 radical (unpaired) electrons. The van der Waals surface area contributed by atoms with Crippen LogP contribution in [0, 0.1) is 17.0 Å². The van der Waals surface area contributed by atoms with Crippen molar-refractivity contribution >= 4 is 33.7 Å². The van der Waals surface area contributed by atoms with E-state index in [9.17, 15) is 14.9 Å². The van der Waals surface area contributed by atoms with Gasteiger partial charge in [-0.3, -0.25) is 14.9 Å². The van der Waals surface area contributed by atoms with Gasteiger partial charge in [-0.2, -0.15) is 5.10 Å². The Hall–Kier alpha value is -2.54. The Morgan fingerprint density at radius 2 is 1.95 bits per heavy atom. The van der Waals surface area contributed by atoms with E-state index in [4.69, 9.17) is 0 Å². The summed E-state index contributed by atoms with van der Waals surface area (Å²) in [6, 6.07) is 11.6. The lowest BCUT2D eigenvalue weighted by Crippen LogP contribution is -2.17. The Labute approximate surface area is 135 Å². The highest BCUT2D eigenvalue weighted by molar-refractivity contribution is 9.10. The average Bonchev–Trinajstić information content (AvgIpc) is 2.49. The van der Waals surface area contributed by atoms with E-state index in [-0.39, 0.29) is 11.6 Å². The summed E-state index contributed by atoms with van der Waals surface area (Å²) in [5, 5.41) is 14.7. The molecule has 0 unspecified atom stereocenters. The summed E-state index contributed by atoms with van der Waals surface area (Å²) in [6.45, 7) is 1.66. The lowest BCUT2D eigenvalue weighted by molar-refractivity contribution is -0.385. The summed E-state index contributed by atoms with van der Waals surface area (Å²) in [6.07, 6.45) is 1.36. The van der Waals surface area contributed by atoms with Gasteiger partial charge in [-0.05, 0) is 31.2 Å². The molecule has 112 valence electrons. The molecule has 22 heavy (non-hydrogen) atoms. The summed E-state index contributed by atoms with van der Waals surface area (Å²) >= 11 is 3.29. The largest absolute Gasteiger partial charge is 0.272 e. The Balaban J connectivity index is 2.06. The van der Waals surface area contributed by atoms with E-state index in [1.807, 2.05) is 0 Å². The number of nitrogens with one attached hydrogen (secondary N) is 1. The first kappa shape index (κ1) is 15.8. The second-order valence-electron chi connectivity index (χ2n) is 4.51. The van der Waals surface area contributed by atoms with Crippen molar-refractivity contribution < 1.29 is 9.72 Å². The van der Waals surface area contributed by atoms with Crippen molar-refractivity contribution in [1.82, 2.24) is 5.43 Å². The van der Waals surface area contributed by atoms with Gasteiger partial charge in [0.1, 0.15) is 0 Å². The van der Waals surface area contributed by atoms with Crippen LogP contribution in [-0.4, -0.2) is 17.0 Å². The summed E-state index contributed by atoms with van der Waals surface area (Å²) in [4.78, 5) is 22.2. The van der Waals surface area contributed by atoms with Crippen molar-refractivity contribution in [2.75, 3.05) is 0 Å². The van der Waals surface area contributed by atoms with Gasteiger partial charge in [0.05, 0.1) is 11.1 Å². The SMILES string of the molecule is Cc1ccc(/C=N\NC(=O)c2ccc(Br)cc2)cc1[N+](=O)[O-]. The highest BCUT2D eigenvalue weighted by atomic mass is 79.9. The zero-order valence-electron chi connectivity index (χ0n) is 11.6. The number of hydrogen-bond acceptors (Lipinski definition) is 4. The maximum absolute atomic E-state index is 11.8. The van der Waals surface area contributed by atoms with E-state index >= 15 is 0 Å². The maximum atomic E-state index is 11.8. The van der Waals surface area contributed by atoms with Crippen LogP contribution in [0.25, 0.3) is 0 Å². The van der Waals surface area contributed by atoms with Gasteiger partial charge in [-0.15, -0.1) is 0 Å². The van der Waals surface area contributed by atoms with Crippen LogP contribution in [0.2, 0.25) is 0 Å². The molecule has 0 saturated heterocycles. The van der Waals surface area contributed by atoms with Gasteiger partial charge < -0.3 is 0 Å². The quantitative estimate of drug-likeness (QED) is 0.514. The fourth-order valence-corrected chi connectivity index (χ4v) is 2.00. The van der Waals surface area contributed by atoms with Crippen molar-refractivity contribution in [3.8, 4) is 0 Å². The van der Waals surface area contributed by atoms with Crippen LogP contribution in [0.1, 0.15) is 21.5 Å². The van der Waals surface area contributed by atoms with Gasteiger partial charge in [-0.25, -0.2) is 5.43 Å². The molecule has 1 N–H and O–H groups in total. The number of carbonyl (C=O) groups excluding carboxylic acids is 1. The third-order valence-corrected chi connectivity index (χ3v) is 3.44. The van der Waals surface area contributed by atoms with E-state index in [0.29, 0.717) is 16.7 Å². The van der Waals surface area contributed by atoms with Crippen molar-refractivity contribution in [2.24, 2.45) is 5.10 Å². The molecule has 0 saturated carbocycles. The minimum atomic E-state index is -0.451. The Kier molecular flexibility index (Phi) is 5.00. The van der Waals surface area contributed by atoms with Crippen molar-refractivity contribution in [3.63, 3.8) is 0 Å². The molecule has 6 nitrogen and oxygen atoms in total. The summed E-state index contributed by atoms with van der Waals surface area (Å²) in [7, 11) is 0. The van der Waals surface area contributed by atoms with E-state index in [2.05, 4.69) is 26.5 Å². The predicted octanol–water partition coefficient (Wildman–Crippen LogP) is 3.43. The smallest absolute Gasteiger partial charge is 0.267 e. The number of nitro benzene ring substituents is 1. The van der Waals surface area contributed by atoms with E-state index in [1.165, 1.54) is 12.3 Å². The Bertz CT molecular complexity index is 742. The lowest BCUT2D eigenvalue weighted by Gasteiger charge is -2.00. The molecule has 0 bridgehead atoms. The number of nitrogens with zero attached hydrogens (tertiary/aromatic N) is 2. The lowest BCUT2D eigenvalue weighted by atomic mass is 10.1.